The van der Waals surface area contributed by atoms with E-state index in [1.807, 2.05) is 43.3 Å². The summed E-state index contributed by atoms with van der Waals surface area (Å²) in [5, 5.41) is 0.581. The fourth-order valence-electron chi connectivity index (χ4n) is 2.16. The summed E-state index contributed by atoms with van der Waals surface area (Å²) in [5.74, 6) is 0.732. The maximum atomic E-state index is 11.7. The van der Waals surface area contributed by atoms with Crippen LogP contribution in [0.5, 0.6) is 5.75 Å². The lowest BCUT2D eigenvalue weighted by Gasteiger charge is -2.10. The van der Waals surface area contributed by atoms with Gasteiger partial charge in [-0.05, 0) is 24.6 Å². The summed E-state index contributed by atoms with van der Waals surface area (Å²) in [6.45, 7) is 2.38. The Kier molecular flexibility index (Phi) is 3.25. The van der Waals surface area contributed by atoms with Crippen LogP contribution < -0.4 is 10.2 Å². The smallest absolute Gasteiger partial charge is 0.192 e. The van der Waals surface area contributed by atoms with Crippen LogP contribution in [0.15, 0.2) is 64.0 Å². The summed E-state index contributed by atoms with van der Waals surface area (Å²) in [6.07, 6.45) is 1.42. The predicted molar refractivity (Wildman–Crippen MR) is 78.0 cm³/mol. The lowest BCUT2D eigenvalue weighted by Crippen LogP contribution is -2.01. The highest BCUT2D eigenvalue weighted by Gasteiger charge is 2.08. The van der Waals surface area contributed by atoms with E-state index < -0.39 is 0 Å². The molecule has 0 saturated heterocycles. The Morgan fingerprint density at radius 3 is 2.65 bits per heavy atom. The van der Waals surface area contributed by atoms with Crippen molar-refractivity contribution >= 4 is 11.0 Å². The van der Waals surface area contributed by atoms with Crippen molar-refractivity contribution in [1.82, 2.24) is 0 Å². The van der Waals surface area contributed by atoms with E-state index in [-0.39, 0.29) is 5.43 Å². The molecule has 2 aromatic carbocycles. The average molecular weight is 266 g/mol. The molecule has 20 heavy (non-hydrogen) atoms. The van der Waals surface area contributed by atoms with Gasteiger partial charge in [0.2, 0.25) is 0 Å². The van der Waals surface area contributed by atoms with E-state index >= 15 is 0 Å². The van der Waals surface area contributed by atoms with Crippen molar-refractivity contribution in [2.24, 2.45) is 0 Å². The number of aryl methyl sites for hydroxylation is 1. The zero-order valence-corrected chi connectivity index (χ0v) is 11.1. The number of rotatable bonds is 3. The first-order valence-electron chi connectivity index (χ1n) is 6.43. The van der Waals surface area contributed by atoms with Gasteiger partial charge < -0.3 is 9.15 Å². The quantitative estimate of drug-likeness (QED) is 0.726. The molecule has 3 nitrogen and oxygen atoms in total. The summed E-state index contributed by atoms with van der Waals surface area (Å²) in [4.78, 5) is 11.7. The topological polar surface area (TPSA) is 39.4 Å². The van der Waals surface area contributed by atoms with Crippen LogP contribution in [0.3, 0.4) is 0 Å². The number of hydrogen-bond donors (Lipinski definition) is 0. The molecule has 0 aliphatic rings. The molecule has 0 unspecified atom stereocenters. The van der Waals surface area contributed by atoms with Gasteiger partial charge in [0.1, 0.15) is 17.9 Å². The van der Waals surface area contributed by atoms with Crippen molar-refractivity contribution in [3.05, 3.63) is 76.1 Å². The van der Waals surface area contributed by atoms with Crippen LogP contribution in [-0.4, -0.2) is 0 Å². The normalized spacial score (nSPS) is 10.7. The molecule has 0 aliphatic carbocycles. The molecule has 100 valence electrons. The summed E-state index contributed by atoms with van der Waals surface area (Å²) in [5.41, 5.74) is 2.49. The molecule has 3 aromatic rings. The van der Waals surface area contributed by atoms with Gasteiger partial charge in [0.05, 0.1) is 11.6 Å². The fraction of sp³-hybridized carbons (Fsp3) is 0.118. The molecule has 1 heterocycles. The molecular weight excluding hydrogens is 252 g/mol. The largest absolute Gasteiger partial charge is 0.488 e. The molecule has 0 radical (unpaired) electrons. The minimum Gasteiger partial charge on any atom is -0.488 e. The van der Waals surface area contributed by atoms with Gasteiger partial charge >= 0.3 is 0 Å². The molecule has 0 amide bonds. The van der Waals surface area contributed by atoms with Crippen molar-refractivity contribution in [1.29, 1.82) is 0 Å². The second kappa shape index (κ2) is 5.21. The lowest BCUT2D eigenvalue weighted by atomic mass is 10.1. The Labute approximate surface area is 116 Å². The SMILES string of the molecule is Cc1c(OCc2ccccc2)ccc2c(=O)ccoc12. The third kappa shape index (κ3) is 2.30. The van der Waals surface area contributed by atoms with Crippen molar-refractivity contribution in [3.8, 4) is 5.75 Å². The summed E-state index contributed by atoms with van der Waals surface area (Å²) in [7, 11) is 0. The lowest BCUT2D eigenvalue weighted by molar-refractivity contribution is 0.304. The maximum Gasteiger partial charge on any atom is 0.192 e. The monoisotopic (exact) mass is 266 g/mol. The van der Waals surface area contributed by atoms with E-state index in [0.29, 0.717) is 17.6 Å². The van der Waals surface area contributed by atoms with Crippen molar-refractivity contribution in [3.63, 3.8) is 0 Å². The van der Waals surface area contributed by atoms with Gasteiger partial charge in [-0.3, -0.25) is 4.79 Å². The molecule has 0 N–H and O–H groups in total. The van der Waals surface area contributed by atoms with Crippen LogP contribution in [0, 0.1) is 6.92 Å². The van der Waals surface area contributed by atoms with Crippen molar-refractivity contribution < 1.29 is 9.15 Å². The predicted octanol–water partition coefficient (Wildman–Crippen LogP) is 3.68. The van der Waals surface area contributed by atoms with E-state index in [4.69, 9.17) is 9.15 Å². The Balaban J connectivity index is 1.93. The van der Waals surface area contributed by atoms with E-state index in [9.17, 15) is 4.79 Å². The first-order valence-corrected chi connectivity index (χ1v) is 6.43. The highest BCUT2D eigenvalue weighted by Crippen LogP contribution is 2.26. The zero-order valence-electron chi connectivity index (χ0n) is 11.1. The van der Waals surface area contributed by atoms with Crippen molar-refractivity contribution in [2.75, 3.05) is 0 Å². The molecule has 3 rings (SSSR count). The van der Waals surface area contributed by atoms with Gasteiger partial charge in [-0.2, -0.15) is 0 Å². The summed E-state index contributed by atoms with van der Waals surface area (Å²) in [6, 6.07) is 14.9. The number of fused-ring (bicyclic) bond motifs is 1. The molecule has 0 bridgehead atoms. The molecule has 3 heteroatoms. The highest BCUT2D eigenvalue weighted by atomic mass is 16.5. The van der Waals surface area contributed by atoms with E-state index in [1.54, 1.807) is 6.07 Å². The van der Waals surface area contributed by atoms with Gasteiger partial charge in [-0.1, -0.05) is 30.3 Å². The average Bonchev–Trinajstić information content (AvgIpc) is 2.48. The third-order valence-electron chi connectivity index (χ3n) is 3.26. The Morgan fingerprint density at radius 2 is 1.85 bits per heavy atom. The Hall–Kier alpha value is -2.55. The van der Waals surface area contributed by atoms with E-state index in [0.717, 1.165) is 16.9 Å². The molecular formula is C17H14O3. The van der Waals surface area contributed by atoms with Crippen LogP contribution >= 0.6 is 0 Å². The number of hydrogen-bond acceptors (Lipinski definition) is 3. The first-order chi connectivity index (χ1) is 9.75. The van der Waals surface area contributed by atoms with Crippen LogP contribution in [0.1, 0.15) is 11.1 Å². The number of ether oxygens (including phenoxy) is 1. The van der Waals surface area contributed by atoms with Crippen LogP contribution in [0.25, 0.3) is 11.0 Å². The molecule has 0 fully saturated rings. The Bertz CT molecular complexity index is 788. The van der Waals surface area contributed by atoms with Crippen LogP contribution in [0.2, 0.25) is 0 Å². The van der Waals surface area contributed by atoms with Gasteiger partial charge in [0.15, 0.2) is 5.43 Å². The second-order valence-electron chi connectivity index (χ2n) is 4.62. The second-order valence-corrected chi connectivity index (χ2v) is 4.62. The van der Waals surface area contributed by atoms with E-state index in [2.05, 4.69) is 0 Å². The minimum absolute atomic E-state index is 0.0380. The fourth-order valence-corrected chi connectivity index (χ4v) is 2.16. The summed E-state index contributed by atoms with van der Waals surface area (Å²) >= 11 is 0. The maximum absolute atomic E-state index is 11.7. The Morgan fingerprint density at radius 1 is 1.05 bits per heavy atom. The standard InChI is InChI=1S/C17H14O3/c1-12-16(20-11-13-5-3-2-4-6-13)8-7-14-15(18)9-10-19-17(12)14/h2-10H,11H2,1H3. The zero-order chi connectivity index (χ0) is 13.9. The minimum atomic E-state index is -0.0380. The van der Waals surface area contributed by atoms with Gasteiger partial charge in [-0.15, -0.1) is 0 Å². The van der Waals surface area contributed by atoms with Gasteiger partial charge in [-0.25, -0.2) is 0 Å². The molecule has 1 aromatic heterocycles. The highest BCUT2D eigenvalue weighted by molar-refractivity contribution is 5.81. The first kappa shape index (κ1) is 12.5. The molecule has 0 atom stereocenters. The molecule has 0 saturated carbocycles. The van der Waals surface area contributed by atoms with Crippen molar-refractivity contribution in [2.45, 2.75) is 13.5 Å². The van der Waals surface area contributed by atoms with Crippen LogP contribution in [0.4, 0.5) is 0 Å². The molecule has 0 spiro atoms. The van der Waals surface area contributed by atoms with E-state index in [1.165, 1.54) is 12.3 Å². The molecule has 0 aliphatic heterocycles. The third-order valence-corrected chi connectivity index (χ3v) is 3.26. The van der Waals surface area contributed by atoms with Gasteiger partial charge in [0.25, 0.3) is 0 Å². The van der Waals surface area contributed by atoms with Crippen LogP contribution in [-0.2, 0) is 6.61 Å². The summed E-state index contributed by atoms with van der Waals surface area (Å²) < 4.78 is 11.2. The van der Waals surface area contributed by atoms with Gasteiger partial charge in [0, 0.05) is 11.6 Å². The number of benzene rings is 2.